The van der Waals surface area contributed by atoms with Gasteiger partial charge in [0.05, 0.1) is 0 Å². The van der Waals surface area contributed by atoms with Crippen molar-refractivity contribution in [2.75, 3.05) is 0 Å². The normalized spacial score (nSPS) is 8.00. The van der Waals surface area contributed by atoms with E-state index < -0.39 is 21.0 Å². The van der Waals surface area contributed by atoms with Crippen molar-refractivity contribution in [3.8, 4) is 0 Å². The van der Waals surface area contributed by atoms with Crippen LogP contribution in [-0.2, 0) is 13.7 Å². The van der Waals surface area contributed by atoms with Crippen molar-refractivity contribution in [3.05, 3.63) is 24.8 Å². The lowest BCUT2D eigenvalue weighted by Gasteiger charge is -1.93. The van der Waals surface area contributed by atoms with Gasteiger partial charge in [-0.05, 0) is 20.0 Å². The lowest BCUT2D eigenvalue weighted by Crippen LogP contribution is -2.02. The van der Waals surface area contributed by atoms with Crippen molar-refractivity contribution < 1.29 is 23.9 Å². The van der Waals surface area contributed by atoms with E-state index in [0.29, 0.717) is 0 Å². The van der Waals surface area contributed by atoms with E-state index in [1.807, 2.05) is 0 Å². The summed E-state index contributed by atoms with van der Waals surface area (Å²) in [5.41, 5.74) is 0.176. The van der Waals surface area contributed by atoms with Crippen LogP contribution < -0.4 is 0 Å². The van der Waals surface area contributed by atoms with Crippen molar-refractivity contribution in [2.24, 2.45) is 0 Å². The number of rotatable bonds is 3. The van der Waals surface area contributed by atoms with Crippen LogP contribution >= 0.6 is 0 Å². The molecule has 0 atom stereocenters. The molecule has 0 saturated carbocycles. The second-order valence-electron chi connectivity index (χ2n) is 2.91. The maximum absolute atomic E-state index is 9.60. The quantitative estimate of drug-likeness (QED) is 0.561. The molecule has 0 radical (unpaired) electrons. The molecule has 0 aromatic carbocycles. The molecule has 0 saturated heterocycles. The highest BCUT2D eigenvalue weighted by Crippen LogP contribution is 1.81. The lowest BCUT2D eigenvalue weighted by atomic mass is 10.4. The summed E-state index contributed by atoms with van der Waals surface area (Å²) in [6.07, 6.45) is 0.833. The average Bonchev–Trinajstić information content (AvgIpc) is 2.19. The Morgan fingerprint density at radius 1 is 1.38 bits per heavy atom. The Labute approximate surface area is 101 Å². The minimum atomic E-state index is -0.981. The van der Waals surface area contributed by atoms with Crippen LogP contribution in [0.5, 0.6) is 0 Å². The van der Waals surface area contributed by atoms with E-state index in [4.69, 9.17) is 14.3 Å². The van der Waals surface area contributed by atoms with Gasteiger partial charge in [-0.15, -0.1) is 0 Å². The molecule has 7 heteroatoms. The fourth-order valence-corrected chi connectivity index (χ4v) is 0. The van der Waals surface area contributed by atoms with Crippen molar-refractivity contribution in [1.29, 1.82) is 0 Å². The third-order valence-corrected chi connectivity index (χ3v) is 4.78. The standard InChI is InChI=1S/C4H6O2.C3H4O2.C2H10OSi2/c1-3(2)4(5)6;1-2-3(4)5;1-5(2)3-4/h1H2,2H3,(H,5,6);2H,1H2,(H,4,5);5H,1-2,4H3. The molecule has 16 heavy (non-hydrogen) atoms. The van der Waals surface area contributed by atoms with Gasteiger partial charge in [0, 0.05) is 11.6 Å². The van der Waals surface area contributed by atoms with Gasteiger partial charge in [0.2, 0.25) is 0 Å². The van der Waals surface area contributed by atoms with Gasteiger partial charge >= 0.3 is 11.9 Å². The molecule has 0 aromatic heterocycles. The molecule has 94 valence electrons. The van der Waals surface area contributed by atoms with Gasteiger partial charge < -0.3 is 14.3 Å². The Kier molecular flexibility index (Phi) is 17.5. The van der Waals surface area contributed by atoms with Crippen molar-refractivity contribution in [3.63, 3.8) is 0 Å². The summed E-state index contributed by atoms with van der Waals surface area (Å²) in [5, 5.41) is 15.5. The number of carboxylic acids is 2. The van der Waals surface area contributed by atoms with E-state index >= 15 is 0 Å². The molecule has 0 aliphatic heterocycles. The zero-order valence-corrected chi connectivity index (χ0v) is 13.3. The second-order valence-corrected chi connectivity index (χ2v) is 6.90. The minimum Gasteiger partial charge on any atom is -0.478 e. The van der Waals surface area contributed by atoms with Gasteiger partial charge in [0.25, 0.3) is 0 Å². The Morgan fingerprint density at radius 3 is 1.56 bits per heavy atom. The summed E-state index contributed by atoms with van der Waals surface area (Å²) in [7, 11) is 0.347. The summed E-state index contributed by atoms with van der Waals surface area (Å²) in [5.74, 6) is -1.92. The van der Waals surface area contributed by atoms with Crippen molar-refractivity contribution in [1.82, 2.24) is 0 Å². The van der Waals surface area contributed by atoms with Gasteiger partial charge in [-0.25, -0.2) is 9.59 Å². The SMILES string of the molecule is C=C(C)C(=O)O.C=CC(=O)O.C[SiH](C)O[SiH3]. The van der Waals surface area contributed by atoms with E-state index in [1.165, 1.54) is 6.92 Å². The molecule has 0 rings (SSSR count). The molecular formula is C9H20O5Si2. The Balaban J connectivity index is -0.000000160. The summed E-state index contributed by atoms with van der Waals surface area (Å²) < 4.78 is 5.03. The maximum Gasteiger partial charge on any atom is 0.330 e. The van der Waals surface area contributed by atoms with Crippen LogP contribution in [0.3, 0.4) is 0 Å². The molecule has 0 spiro atoms. The van der Waals surface area contributed by atoms with E-state index in [2.05, 4.69) is 26.3 Å². The zero-order valence-electron chi connectivity index (χ0n) is 10.2. The molecule has 0 fully saturated rings. The van der Waals surface area contributed by atoms with Gasteiger partial charge in [-0.1, -0.05) is 13.2 Å². The zero-order chi connectivity index (χ0) is 13.7. The first-order valence-electron chi connectivity index (χ1n) is 4.45. The molecular weight excluding hydrogens is 244 g/mol. The van der Waals surface area contributed by atoms with Crippen LogP contribution in [-0.4, -0.2) is 41.7 Å². The maximum atomic E-state index is 9.60. The first-order chi connectivity index (χ1) is 7.18. The van der Waals surface area contributed by atoms with E-state index in [1.54, 1.807) is 0 Å². The number of carboxylic acid groups (broad SMARTS) is 2. The van der Waals surface area contributed by atoms with Crippen LogP contribution in [0.2, 0.25) is 13.1 Å². The number of aliphatic carboxylic acids is 2. The van der Waals surface area contributed by atoms with Gasteiger partial charge in [0.1, 0.15) is 10.5 Å². The summed E-state index contributed by atoms with van der Waals surface area (Å²) >= 11 is 0. The van der Waals surface area contributed by atoms with Crippen molar-refractivity contribution >= 4 is 31.5 Å². The fraction of sp³-hybridized carbons (Fsp3) is 0.333. The first-order valence-corrected chi connectivity index (χ1v) is 8.05. The van der Waals surface area contributed by atoms with E-state index in [0.717, 1.165) is 16.6 Å². The third-order valence-electron chi connectivity index (χ3n) is 1.01. The summed E-state index contributed by atoms with van der Waals surface area (Å²) in [4.78, 5) is 18.8. The lowest BCUT2D eigenvalue weighted by molar-refractivity contribution is -0.133. The highest BCUT2D eigenvalue weighted by atomic mass is 28.3. The minimum absolute atomic E-state index is 0.176. The summed E-state index contributed by atoms with van der Waals surface area (Å²) in [6, 6.07) is 0. The molecule has 5 nitrogen and oxygen atoms in total. The van der Waals surface area contributed by atoms with Gasteiger partial charge in [-0.3, -0.25) is 0 Å². The topological polar surface area (TPSA) is 83.8 Å². The Bertz CT molecular complexity index is 226. The highest BCUT2D eigenvalue weighted by molar-refractivity contribution is 6.52. The Morgan fingerprint density at radius 2 is 1.56 bits per heavy atom. The predicted octanol–water partition coefficient (Wildman–Crippen LogP) is 0.171. The predicted molar refractivity (Wildman–Crippen MR) is 70.2 cm³/mol. The number of hydrogen-bond donors (Lipinski definition) is 2. The number of carbonyl (C=O) groups is 2. The van der Waals surface area contributed by atoms with Crippen molar-refractivity contribution in [2.45, 2.75) is 20.0 Å². The van der Waals surface area contributed by atoms with Crippen LogP contribution in [0.1, 0.15) is 6.92 Å². The smallest absolute Gasteiger partial charge is 0.330 e. The van der Waals surface area contributed by atoms with E-state index in [9.17, 15) is 9.59 Å². The van der Waals surface area contributed by atoms with Crippen LogP contribution in [0.4, 0.5) is 0 Å². The molecule has 0 aliphatic rings. The second kappa shape index (κ2) is 13.8. The molecule has 0 heterocycles. The highest BCUT2D eigenvalue weighted by Gasteiger charge is 1.90. The third kappa shape index (κ3) is 38.5. The molecule has 0 amide bonds. The average molecular weight is 264 g/mol. The summed E-state index contributed by atoms with van der Waals surface area (Å²) in [6.45, 7) is 11.9. The monoisotopic (exact) mass is 264 g/mol. The first kappa shape index (κ1) is 20.3. The van der Waals surface area contributed by atoms with Crippen LogP contribution in [0, 0.1) is 0 Å². The molecule has 0 bridgehead atoms. The Hall–Kier alpha value is -1.19. The molecule has 0 aliphatic carbocycles. The van der Waals surface area contributed by atoms with Crippen LogP contribution in [0.25, 0.3) is 0 Å². The van der Waals surface area contributed by atoms with Gasteiger partial charge in [0.15, 0.2) is 9.04 Å². The fourth-order valence-electron chi connectivity index (χ4n) is 0. The van der Waals surface area contributed by atoms with Gasteiger partial charge in [-0.2, -0.15) is 0 Å². The molecule has 0 unspecified atom stereocenters. The largest absolute Gasteiger partial charge is 0.478 e. The molecule has 0 aromatic rings. The number of hydrogen-bond acceptors (Lipinski definition) is 3. The van der Waals surface area contributed by atoms with E-state index in [-0.39, 0.29) is 5.57 Å². The molecule has 2 N–H and O–H groups in total. The van der Waals surface area contributed by atoms with Crippen LogP contribution in [0.15, 0.2) is 24.8 Å².